The molecular formula is C14H16BrClN2S. The second kappa shape index (κ2) is 6.84. The molecule has 0 amide bonds. The van der Waals surface area contributed by atoms with Gasteiger partial charge in [0, 0.05) is 33.0 Å². The molecule has 1 heterocycles. The number of halogens is 2. The zero-order valence-corrected chi connectivity index (χ0v) is 14.1. The Balaban J connectivity index is 2.23. The Morgan fingerprint density at radius 2 is 2.26 bits per heavy atom. The Bertz CT molecular complexity index is 556. The lowest BCUT2D eigenvalue weighted by Crippen LogP contribution is -2.23. The van der Waals surface area contributed by atoms with E-state index in [0.717, 1.165) is 33.2 Å². The van der Waals surface area contributed by atoms with Crippen LogP contribution >= 0.6 is 38.9 Å². The molecule has 0 fully saturated rings. The summed E-state index contributed by atoms with van der Waals surface area (Å²) >= 11 is 11.3. The molecule has 2 rings (SSSR count). The molecule has 0 bridgehead atoms. The maximum Gasteiger partial charge on any atom is 0.0947 e. The van der Waals surface area contributed by atoms with Crippen molar-refractivity contribution in [2.75, 3.05) is 6.54 Å². The van der Waals surface area contributed by atoms with Crippen molar-refractivity contribution in [1.29, 1.82) is 0 Å². The first-order valence-corrected chi connectivity index (χ1v) is 8.24. The van der Waals surface area contributed by atoms with Gasteiger partial charge in [-0.05, 0) is 31.2 Å². The number of nitrogens with one attached hydrogen (secondary N) is 1. The van der Waals surface area contributed by atoms with Gasteiger partial charge in [-0.2, -0.15) is 0 Å². The number of rotatable bonds is 5. The van der Waals surface area contributed by atoms with Crippen molar-refractivity contribution < 1.29 is 0 Å². The average Bonchev–Trinajstić information content (AvgIpc) is 2.74. The Morgan fingerprint density at radius 1 is 1.47 bits per heavy atom. The molecule has 0 aliphatic carbocycles. The first-order valence-electron chi connectivity index (χ1n) is 6.19. The Kier molecular flexibility index (Phi) is 5.39. The second-order valence-corrected chi connectivity index (χ2v) is 6.60. The van der Waals surface area contributed by atoms with Crippen LogP contribution in [0.4, 0.5) is 0 Å². The van der Waals surface area contributed by atoms with Crippen LogP contribution in [-0.4, -0.2) is 11.5 Å². The molecule has 0 radical (unpaired) electrons. The molecular weight excluding hydrogens is 344 g/mol. The normalized spacial score (nSPS) is 12.6. The van der Waals surface area contributed by atoms with Gasteiger partial charge in [0.05, 0.1) is 5.01 Å². The van der Waals surface area contributed by atoms with Crippen LogP contribution in [0.5, 0.6) is 0 Å². The van der Waals surface area contributed by atoms with E-state index in [-0.39, 0.29) is 6.04 Å². The van der Waals surface area contributed by atoms with Gasteiger partial charge in [-0.25, -0.2) is 4.98 Å². The van der Waals surface area contributed by atoms with E-state index in [2.05, 4.69) is 44.6 Å². The quantitative estimate of drug-likeness (QED) is 0.832. The zero-order chi connectivity index (χ0) is 13.8. The number of aromatic nitrogens is 1. The summed E-state index contributed by atoms with van der Waals surface area (Å²) in [5, 5.41) is 7.51. The minimum absolute atomic E-state index is 0.252. The van der Waals surface area contributed by atoms with Crippen molar-refractivity contribution in [3.63, 3.8) is 0 Å². The van der Waals surface area contributed by atoms with E-state index in [4.69, 9.17) is 11.6 Å². The van der Waals surface area contributed by atoms with Crippen LogP contribution in [0.2, 0.25) is 5.02 Å². The van der Waals surface area contributed by atoms with Gasteiger partial charge in [-0.3, -0.25) is 0 Å². The fourth-order valence-corrected chi connectivity index (χ4v) is 3.77. The molecule has 0 aliphatic heterocycles. The molecule has 1 aromatic carbocycles. The standard InChI is InChI=1S/C14H16BrClN2S/c1-3-17-13(7-14-18-9(2)8-19-14)11-5-4-10(16)6-12(11)15/h4-6,8,13,17H,3,7H2,1-2H3. The van der Waals surface area contributed by atoms with Crippen molar-refractivity contribution in [3.05, 3.63) is 49.3 Å². The highest BCUT2D eigenvalue weighted by Crippen LogP contribution is 2.29. The molecule has 19 heavy (non-hydrogen) atoms. The van der Waals surface area contributed by atoms with Crippen LogP contribution in [0.25, 0.3) is 0 Å². The molecule has 5 heteroatoms. The van der Waals surface area contributed by atoms with E-state index < -0.39 is 0 Å². The van der Waals surface area contributed by atoms with E-state index in [1.807, 2.05) is 19.1 Å². The monoisotopic (exact) mass is 358 g/mol. The van der Waals surface area contributed by atoms with Crippen LogP contribution in [0.1, 0.15) is 29.2 Å². The van der Waals surface area contributed by atoms with Crippen LogP contribution in [0.15, 0.2) is 28.1 Å². The van der Waals surface area contributed by atoms with E-state index in [1.165, 1.54) is 5.56 Å². The lowest BCUT2D eigenvalue weighted by atomic mass is 10.0. The summed E-state index contributed by atoms with van der Waals surface area (Å²) in [6, 6.07) is 6.19. The van der Waals surface area contributed by atoms with E-state index >= 15 is 0 Å². The Morgan fingerprint density at radius 3 is 2.84 bits per heavy atom. The number of benzene rings is 1. The van der Waals surface area contributed by atoms with Crippen molar-refractivity contribution in [2.24, 2.45) is 0 Å². The summed E-state index contributed by atoms with van der Waals surface area (Å²) < 4.78 is 1.04. The van der Waals surface area contributed by atoms with E-state index in [0.29, 0.717) is 0 Å². The van der Waals surface area contributed by atoms with E-state index in [1.54, 1.807) is 11.3 Å². The van der Waals surface area contributed by atoms with Crippen molar-refractivity contribution >= 4 is 38.9 Å². The summed E-state index contributed by atoms with van der Waals surface area (Å²) in [6.07, 6.45) is 0.895. The summed E-state index contributed by atoms with van der Waals surface area (Å²) in [5.74, 6) is 0. The molecule has 0 spiro atoms. The molecule has 1 N–H and O–H groups in total. The molecule has 2 nitrogen and oxygen atoms in total. The van der Waals surface area contributed by atoms with E-state index in [9.17, 15) is 0 Å². The summed E-state index contributed by atoms with van der Waals surface area (Å²) in [6.45, 7) is 5.06. The lowest BCUT2D eigenvalue weighted by molar-refractivity contribution is 0.546. The van der Waals surface area contributed by atoms with Gasteiger partial charge in [-0.15, -0.1) is 11.3 Å². The van der Waals surface area contributed by atoms with Gasteiger partial charge < -0.3 is 5.32 Å². The highest BCUT2D eigenvalue weighted by molar-refractivity contribution is 9.10. The van der Waals surface area contributed by atoms with Crippen LogP contribution < -0.4 is 5.32 Å². The maximum absolute atomic E-state index is 6.00. The lowest BCUT2D eigenvalue weighted by Gasteiger charge is -2.19. The fourth-order valence-electron chi connectivity index (χ4n) is 1.99. The SMILES string of the molecule is CCNC(Cc1nc(C)cs1)c1ccc(Cl)cc1Br. The summed E-state index contributed by atoms with van der Waals surface area (Å²) in [5.41, 5.74) is 2.31. The third-order valence-electron chi connectivity index (χ3n) is 2.83. The Labute approximate surface area is 131 Å². The van der Waals surface area contributed by atoms with Gasteiger partial charge in [0.1, 0.15) is 0 Å². The molecule has 1 atom stereocenters. The zero-order valence-electron chi connectivity index (χ0n) is 10.9. The predicted molar refractivity (Wildman–Crippen MR) is 86.1 cm³/mol. The first-order chi connectivity index (χ1) is 9.10. The first kappa shape index (κ1) is 15.0. The largest absolute Gasteiger partial charge is 0.310 e. The third kappa shape index (κ3) is 4.02. The predicted octanol–water partition coefficient (Wildman–Crippen LogP) is 4.76. The molecule has 0 aliphatic rings. The van der Waals surface area contributed by atoms with Crippen molar-refractivity contribution in [3.8, 4) is 0 Å². The van der Waals surface area contributed by atoms with Crippen molar-refractivity contribution in [1.82, 2.24) is 10.3 Å². The average molecular weight is 360 g/mol. The molecule has 1 aromatic heterocycles. The van der Waals surface area contributed by atoms with Gasteiger partial charge in [0.2, 0.25) is 0 Å². The molecule has 1 unspecified atom stereocenters. The van der Waals surface area contributed by atoms with Gasteiger partial charge in [0.15, 0.2) is 0 Å². The van der Waals surface area contributed by atoms with Crippen LogP contribution in [-0.2, 0) is 6.42 Å². The topological polar surface area (TPSA) is 24.9 Å². The second-order valence-electron chi connectivity index (χ2n) is 4.36. The summed E-state index contributed by atoms with van der Waals surface area (Å²) in [4.78, 5) is 4.54. The number of aryl methyl sites for hydroxylation is 1. The third-order valence-corrected chi connectivity index (χ3v) is 4.74. The highest BCUT2D eigenvalue weighted by atomic mass is 79.9. The molecule has 0 saturated carbocycles. The minimum atomic E-state index is 0.252. The molecule has 2 aromatic rings. The molecule has 0 saturated heterocycles. The van der Waals surface area contributed by atoms with Crippen LogP contribution in [0, 0.1) is 6.92 Å². The van der Waals surface area contributed by atoms with Gasteiger partial charge in [-0.1, -0.05) is 40.5 Å². The maximum atomic E-state index is 6.00. The summed E-state index contributed by atoms with van der Waals surface area (Å²) in [7, 11) is 0. The van der Waals surface area contributed by atoms with Crippen LogP contribution in [0.3, 0.4) is 0 Å². The molecule has 102 valence electrons. The number of likely N-dealkylation sites (N-methyl/N-ethyl adjacent to an activating group) is 1. The smallest absolute Gasteiger partial charge is 0.0947 e. The minimum Gasteiger partial charge on any atom is -0.310 e. The number of nitrogens with zero attached hydrogens (tertiary/aromatic N) is 1. The number of thiazole rings is 1. The van der Waals surface area contributed by atoms with Crippen molar-refractivity contribution in [2.45, 2.75) is 26.3 Å². The fraction of sp³-hybridized carbons (Fsp3) is 0.357. The number of hydrogen-bond donors (Lipinski definition) is 1. The highest BCUT2D eigenvalue weighted by Gasteiger charge is 2.16. The van der Waals surface area contributed by atoms with Gasteiger partial charge in [0.25, 0.3) is 0 Å². The Hall–Kier alpha value is -0.420. The van der Waals surface area contributed by atoms with Gasteiger partial charge >= 0.3 is 0 Å². The number of hydrogen-bond acceptors (Lipinski definition) is 3.